The van der Waals surface area contributed by atoms with E-state index in [0.717, 1.165) is 37.1 Å². The lowest BCUT2D eigenvalue weighted by molar-refractivity contribution is -0.126. The van der Waals surface area contributed by atoms with Crippen molar-refractivity contribution >= 4 is 11.9 Å². The third-order valence-corrected chi connectivity index (χ3v) is 4.43. The number of piperidine rings is 1. The summed E-state index contributed by atoms with van der Waals surface area (Å²) in [5.74, 6) is 0.347. The summed E-state index contributed by atoms with van der Waals surface area (Å²) in [5.41, 5.74) is 2.11. The van der Waals surface area contributed by atoms with Gasteiger partial charge in [-0.15, -0.1) is 0 Å². The van der Waals surface area contributed by atoms with Crippen LogP contribution in [0.2, 0.25) is 0 Å². The Hall–Kier alpha value is -2.11. The average Bonchev–Trinajstić information content (AvgIpc) is 2.61. The van der Waals surface area contributed by atoms with E-state index in [1.807, 2.05) is 25.3 Å². The maximum Gasteiger partial charge on any atom is 0.317 e. The molecule has 2 rings (SSSR count). The SMILES string of the molecule is Cc1ccc(CCNC(=O)[C@H]2CCCN(C(=O)NCC(C)C)C2)cn1. The molecule has 1 saturated heterocycles. The second-order valence-corrected chi connectivity index (χ2v) is 7.21. The fourth-order valence-corrected chi connectivity index (χ4v) is 2.90. The summed E-state index contributed by atoms with van der Waals surface area (Å²) in [4.78, 5) is 30.6. The number of carbonyl (C=O) groups is 2. The molecule has 1 fully saturated rings. The van der Waals surface area contributed by atoms with Crippen molar-refractivity contribution in [3.8, 4) is 0 Å². The van der Waals surface area contributed by atoms with Gasteiger partial charge in [0.1, 0.15) is 0 Å². The van der Waals surface area contributed by atoms with Gasteiger partial charge in [0, 0.05) is 38.1 Å². The van der Waals surface area contributed by atoms with Gasteiger partial charge in [0.25, 0.3) is 0 Å². The van der Waals surface area contributed by atoms with Gasteiger partial charge in [0.05, 0.1) is 5.92 Å². The molecule has 2 N–H and O–H groups in total. The van der Waals surface area contributed by atoms with E-state index < -0.39 is 0 Å². The summed E-state index contributed by atoms with van der Waals surface area (Å²) in [6, 6.07) is 3.96. The Labute approximate surface area is 150 Å². The number of likely N-dealkylation sites (tertiary alicyclic amines) is 1. The highest BCUT2D eigenvalue weighted by molar-refractivity contribution is 5.80. The number of amides is 3. The van der Waals surface area contributed by atoms with E-state index in [-0.39, 0.29) is 17.9 Å². The van der Waals surface area contributed by atoms with Crippen molar-refractivity contribution in [1.29, 1.82) is 0 Å². The zero-order valence-electron chi connectivity index (χ0n) is 15.5. The van der Waals surface area contributed by atoms with Crippen LogP contribution in [0.1, 0.15) is 37.9 Å². The zero-order valence-corrected chi connectivity index (χ0v) is 15.5. The van der Waals surface area contributed by atoms with Crippen LogP contribution >= 0.6 is 0 Å². The minimum Gasteiger partial charge on any atom is -0.355 e. The van der Waals surface area contributed by atoms with Crippen LogP contribution in [-0.4, -0.2) is 48.0 Å². The number of pyridine rings is 1. The average molecular weight is 346 g/mol. The second-order valence-electron chi connectivity index (χ2n) is 7.21. The van der Waals surface area contributed by atoms with Crippen LogP contribution in [0.15, 0.2) is 18.3 Å². The number of hydrogen-bond donors (Lipinski definition) is 2. The lowest BCUT2D eigenvalue weighted by atomic mass is 9.97. The van der Waals surface area contributed by atoms with Gasteiger partial charge < -0.3 is 15.5 Å². The molecule has 0 bridgehead atoms. The van der Waals surface area contributed by atoms with E-state index in [1.54, 1.807) is 4.90 Å². The number of urea groups is 1. The lowest BCUT2D eigenvalue weighted by Crippen LogP contribution is -2.49. The molecular formula is C19H30N4O2. The zero-order chi connectivity index (χ0) is 18.2. The Kier molecular flexibility index (Phi) is 7.22. The van der Waals surface area contributed by atoms with Gasteiger partial charge in [-0.05, 0) is 43.7 Å². The van der Waals surface area contributed by atoms with E-state index in [1.165, 1.54) is 0 Å². The number of rotatable bonds is 6. The van der Waals surface area contributed by atoms with Crippen LogP contribution in [0, 0.1) is 18.8 Å². The molecular weight excluding hydrogens is 316 g/mol. The summed E-state index contributed by atoms with van der Waals surface area (Å²) in [6.07, 6.45) is 4.33. The van der Waals surface area contributed by atoms with Gasteiger partial charge in [0.15, 0.2) is 0 Å². The first-order valence-corrected chi connectivity index (χ1v) is 9.17. The molecule has 25 heavy (non-hydrogen) atoms. The maximum atomic E-state index is 12.4. The summed E-state index contributed by atoms with van der Waals surface area (Å²) >= 11 is 0. The molecule has 1 aromatic heterocycles. The molecule has 1 atom stereocenters. The number of aromatic nitrogens is 1. The van der Waals surface area contributed by atoms with E-state index >= 15 is 0 Å². The van der Waals surface area contributed by atoms with Gasteiger partial charge >= 0.3 is 6.03 Å². The summed E-state index contributed by atoms with van der Waals surface area (Å²) in [5, 5.41) is 5.93. The number of aryl methyl sites for hydroxylation is 1. The molecule has 0 radical (unpaired) electrons. The van der Waals surface area contributed by atoms with Crippen molar-refractivity contribution < 1.29 is 9.59 Å². The predicted molar refractivity (Wildman–Crippen MR) is 98.2 cm³/mol. The minimum atomic E-state index is -0.116. The van der Waals surface area contributed by atoms with Crippen molar-refractivity contribution in [2.45, 2.75) is 40.0 Å². The number of hydrogen-bond acceptors (Lipinski definition) is 3. The Morgan fingerprint density at radius 1 is 1.32 bits per heavy atom. The van der Waals surface area contributed by atoms with Gasteiger partial charge in [-0.3, -0.25) is 9.78 Å². The van der Waals surface area contributed by atoms with Crippen LogP contribution in [0.4, 0.5) is 4.79 Å². The Morgan fingerprint density at radius 2 is 2.12 bits per heavy atom. The third-order valence-electron chi connectivity index (χ3n) is 4.43. The van der Waals surface area contributed by atoms with Crippen LogP contribution in [-0.2, 0) is 11.2 Å². The van der Waals surface area contributed by atoms with Crippen LogP contribution in [0.3, 0.4) is 0 Å². The largest absolute Gasteiger partial charge is 0.355 e. The molecule has 0 unspecified atom stereocenters. The van der Waals surface area contributed by atoms with E-state index in [0.29, 0.717) is 25.6 Å². The topological polar surface area (TPSA) is 74.3 Å². The molecule has 0 aliphatic carbocycles. The van der Waals surface area contributed by atoms with E-state index in [2.05, 4.69) is 29.5 Å². The van der Waals surface area contributed by atoms with Gasteiger partial charge in [-0.1, -0.05) is 19.9 Å². The Bertz CT molecular complexity index is 571. The van der Waals surface area contributed by atoms with E-state index in [9.17, 15) is 9.59 Å². The summed E-state index contributed by atoms with van der Waals surface area (Å²) < 4.78 is 0. The molecule has 0 aromatic carbocycles. The normalized spacial score (nSPS) is 17.4. The van der Waals surface area contributed by atoms with Gasteiger partial charge in [-0.2, -0.15) is 0 Å². The van der Waals surface area contributed by atoms with Gasteiger partial charge in [0.2, 0.25) is 5.91 Å². The fraction of sp³-hybridized carbons (Fsp3) is 0.632. The number of nitrogens with one attached hydrogen (secondary N) is 2. The minimum absolute atomic E-state index is 0.0430. The van der Waals surface area contributed by atoms with Crippen LogP contribution in [0.5, 0.6) is 0 Å². The first-order valence-electron chi connectivity index (χ1n) is 9.17. The van der Waals surface area contributed by atoms with Crippen LogP contribution < -0.4 is 10.6 Å². The summed E-state index contributed by atoms with van der Waals surface area (Å²) in [7, 11) is 0. The monoisotopic (exact) mass is 346 g/mol. The van der Waals surface area contributed by atoms with Crippen molar-refractivity contribution in [2.75, 3.05) is 26.2 Å². The Balaban J connectivity index is 1.75. The molecule has 0 saturated carbocycles. The number of carbonyl (C=O) groups excluding carboxylic acids is 2. The highest BCUT2D eigenvalue weighted by atomic mass is 16.2. The summed E-state index contributed by atoms with van der Waals surface area (Å²) in [6.45, 7) is 8.57. The molecule has 6 nitrogen and oxygen atoms in total. The van der Waals surface area contributed by atoms with E-state index in [4.69, 9.17) is 0 Å². The van der Waals surface area contributed by atoms with Crippen molar-refractivity contribution in [2.24, 2.45) is 11.8 Å². The molecule has 1 aromatic rings. The highest BCUT2D eigenvalue weighted by Gasteiger charge is 2.28. The maximum absolute atomic E-state index is 12.4. The second kappa shape index (κ2) is 9.39. The molecule has 2 heterocycles. The molecule has 6 heteroatoms. The molecule has 3 amide bonds. The number of nitrogens with zero attached hydrogens (tertiary/aromatic N) is 2. The fourth-order valence-electron chi connectivity index (χ4n) is 2.90. The first-order chi connectivity index (χ1) is 12.0. The predicted octanol–water partition coefficient (Wildman–Crippen LogP) is 2.13. The smallest absolute Gasteiger partial charge is 0.317 e. The molecule has 0 spiro atoms. The molecule has 1 aliphatic rings. The quantitative estimate of drug-likeness (QED) is 0.829. The van der Waals surface area contributed by atoms with Crippen molar-refractivity contribution in [3.05, 3.63) is 29.6 Å². The molecule has 1 aliphatic heterocycles. The van der Waals surface area contributed by atoms with Gasteiger partial charge in [-0.25, -0.2) is 4.79 Å². The van der Waals surface area contributed by atoms with Crippen molar-refractivity contribution in [1.82, 2.24) is 20.5 Å². The van der Waals surface area contributed by atoms with Crippen molar-refractivity contribution in [3.63, 3.8) is 0 Å². The highest BCUT2D eigenvalue weighted by Crippen LogP contribution is 2.16. The standard InChI is InChI=1S/C19H30N4O2/c1-14(2)11-22-19(25)23-10-4-5-17(13-23)18(24)20-9-8-16-7-6-15(3)21-12-16/h6-7,12,14,17H,4-5,8-11,13H2,1-3H3,(H,20,24)(H,22,25)/t17-/m0/s1. The third kappa shape index (κ3) is 6.36. The first kappa shape index (κ1) is 19.2. The lowest BCUT2D eigenvalue weighted by Gasteiger charge is -2.32. The Morgan fingerprint density at radius 3 is 2.80 bits per heavy atom. The molecule has 138 valence electrons. The van der Waals surface area contributed by atoms with Crippen LogP contribution in [0.25, 0.3) is 0 Å².